The predicted octanol–water partition coefficient (Wildman–Crippen LogP) is 1.87. The summed E-state index contributed by atoms with van der Waals surface area (Å²) in [6.07, 6.45) is 3.61. The minimum atomic E-state index is -3.09. The Hall–Kier alpha value is -4.55. The van der Waals surface area contributed by atoms with Crippen LogP contribution in [0.15, 0.2) is 64.6 Å². The van der Waals surface area contributed by atoms with Crippen LogP contribution in [0, 0.1) is 5.41 Å². The topological polar surface area (TPSA) is 129 Å². The summed E-state index contributed by atoms with van der Waals surface area (Å²) in [5, 5.41) is 4.34. The molecule has 0 atom stereocenters. The third-order valence-electron chi connectivity index (χ3n) is 6.88. The van der Waals surface area contributed by atoms with Crippen LogP contribution in [0.4, 0.5) is 19.3 Å². The lowest BCUT2D eigenvalue weighted by Crippen LogP contribution is -2.65. The lowest BCUT2D eigenvalue weighted by atomic mass is 9.76. The minimum absolute atomic E-state index is 0.0313. The van der Waals surface area contributed by atoms with Gasteiger partial charge in [-0.3, -0.25) is 9.78 Å². The maximum Gasteiger partial charge on any atom is 0.410 e. The number of ether oxygens (including phenoxy) is 1. The van der Waals surface area contributed by atoms with Gasteiger partial charge < -0.3 is 19.5 Å². The highest BCUT2D eigenvalue weighted by Crippen LogP contribution is 2.51. The first-order valence-electron chi connectivity index (χ1n) is 11.5. The van der Waals surface area contributed by atoms with Crippen LogP contribution >= 0.6 is 0 Å². The Labute approximate surface area is 207 Å². The zero-order chi connectivity index (χ0) is 25.8. The van der Waals surface area contributed by atoms with Gasteiger partial charge in [0.2, 0.25) is 0 Å². The van der Waals surface area contributed by atoms with Gasteiger partial charge >= 0.3 is 11.8 Å². The molecule has 0 saturated carbocycles. The summed E-state index contributed by atoms with van der Waals surface area (Å²) in [7, 11) is 0. The molecular formula is C24H21F2N7O4. The number of hydrogen-bond acceptors (Lipinski definition) is 7. The second-order valence-corrected chi connectivity index (χ2v) is 9.33. The molecule has 2 N–H and O–H groups in total. The van der Waals surface area contributed by atoms with Crippen LogP contribution in [0.25, 0.3) is 16.9 Å². The van der Waals surface area contributed by atoms with Crippen molar-refractivity contribution in [2.75, 3.05) is 31.1 Å². The van der Waals surface area contributed by atoms with Crippen LogP contribution in [0.5, 0.6) is 0 Å². The summed E-state index contributed by atoms with van der Waals surface area (Å²) < 4.78 is 37.4. The van der Waals surface area contributed by atoms with E-state index in [0.29, 0.717) is 11.3 Å². The second kappa shape index (κ2) is 8.25. The molecule has 4 aromatic rings. The van der Waals surface area contributed by atoms with Crippen LogP contribution in [0.3, 0.4) is 0 Å². The molecule has 1 aromatic carbocycles. The molecule has 1 spiro atoms. The SMILES string of the molecule is O=C(OCc1ccccc1)N1CC2(C1)CN(c1cc(-c3c[nH]c(=O)[nH]c3=O)nn3ccnc13)CC2(F)F. The predicted molar refractivity (Wildman–Crippen MR) is 127 cm³/mol. The molecular weight excluding hydrogens is 488 g/mol. The number of rotatable bonds is 4. The first kappa shape index (κ1) is 22.9. The number of hydrogen-bond donors (Lipinski definition) is 2. The average molecular weight is 509 g/mol. The van der Waals surface area contributed by atoms with Gasteiger partial charge in [0.15, 0.2) is 5.65 Å². The van der Waals surface area contributed by atoms with Crippen molar-refractivity contribution in [3.8, 4) is 11.3 Å². The summed E-state index contributed by atoms with van der Waals surface area (Å²) in [5.74, 6) is -3.09. The number of benzene rings is 1. The number of H-pyrrole nitrogens is 2. The Morgan fingerprint density at radius 2 is 1.89 bits per heavy atom. The molecule has 0 bridgehead atoms. The van der Waals surface area contributed by atoms with Gasteiger partial charge in [-0.25, -0.2) is 27.9 Å². The number of nitrogens with one attached hydrogen (secondary N) is 2. The fraction of sp³-hybridized carbons (Fsp3) is 0.292. The van der Waals surface area contributed by atoms with E-state index in [-0.39, 0.29) is 37.5 Å². The lowest BCUT2D eigenvalue weighted by Gasteiger charge is -2.49. The first-order valence-corrected chi connectivity index (χ1v) is 11.5. The number of imidazole rings is 1. The number of fused-ring (bicyclic) bond motifs is 1. The number of aromatic amines is 2. The summed E-state index contributed by atoms with van der Waals surface area (Å²) >= 11 is 0. The molecule has 0 aliphatic carbocycles. The van der Waals surface area contributed by atoms with E-state index in [2.05, 4.69) is 20.1 Å². The van der Waals surface area contributed by atoms with E-state index in [0.717, 1.165) is 5.56 Å². The van der Waals surface area contributed by atoms with E-state index >= 15 is 8.78 Å². The van der Waals surface area contributed by atoms with E-state index in [1.54, 1.807) is 6.20 Å². The third kappa shape index (κ3) is 3.82. The summed E-state index contributed by atoms with van der Waals surface area (Å²) in [4.78, 5) is 47.8. The van der Waals surface area contributed by atoms with E-state index in [4.69, 9.17) is 4.74 Å². The maximum atomic E-state index is 15.4. The standard InChI is InChI=1S/C24H21F2N7O4/c25-24(26)14-31(11-23(24)12-32(13-23)22(36)37-10-15-4-2-1-3-5-15)18-8-17(30-33-7-6-27-19(18)33)16-9-28-21(35)29-20(16)34/h1-9H,10-14H2,(H2,28,29,34,35). The Kier molecular flexibility index (Phi) is 5.10. The van der Waals surface area contributed by atoms with Crippen molar-refractivity contribution in [3.05, 3.63) is 81.4 Å². The molecule has 190 valence electrons. The van der Waals surface area contributed by atoms with E-state index in [1.165, 1.54) is 32.8 Å². The number of anilines is 1. The van der Waals surface area contributed by atoms with Crippen molar-refractivity contribution in [2.24, 2.45) is 5.41 Å². The Morgan fingerprint density at radius 3 is 2.65 bits per heavy atom. The summed E-state index contributed by atoms with van der Waals surface area (Å²) in [6, 6.07) is 10.6. The number of likely N-dealkylation sites (tertiary alicyclic amines) is 1. The number of aromatic nitrogens is 5. The van der Waals surface area contributed by atoms with Crippen LogP contribution < -0.4 is 16.1 Å². The van der Waals surface area contributed by atoms with Crippen molar-refractivity contribution < 1.29 is 18.3 Å². The van der Waals surface area contributed by atoms with E-state index < -0.39 is 35.2 Å². The Bertz CT molecular complexity index is 1610. The van der Waals surface area contributed by atoms with Gasteiger partial charge in [0.05, 0.1) is 23.2 Å². The largest absolute Gasteiger partial charge is 0.445 e. The van der Waals surface area contributed by atoms with Gasteiger partial charge in [0.1, 0.15) is 12.3 Å². The van der Waals surface area contributed by atoms with Gasteiger partial charge in [0, 0.05) is 38.2 Å². The summed E-state index contributed by atoms with van der Waals surface area (Å²) in [5.41, 5.74) is -0.999. The monoisotopic (exact) mass is 509 g/mol. The molecule has 6 rings (SSSR count). The normalized spacial score (nSPS) is 17.8. The van der Waals surface area contributed by atoms with Gasteiger partial charge in [0.25, 0.3) is 11.5 Å². The average Bonchev–Trinajstić information content (AvgIpc) is 3.43. The fourth-order valence-corrected chi connectivity index (χ4v) is 4.93. The van der Waals surface area contributed by atoms with E-state index in [9.17, 15) is 14.4 Å². The lowest BCUT2D eigenvalue weighted by molar-refractivity contribution is -0.148. The number of amides is 1. The second-order valence-electron chi connectivity index (χ2n) is 9.33. The molecule has 2 fully saturated rings. The van der Waals surface area contributed by atoms with Crippen molar-refractivity contribution in [1.29, 1.82) is 0 Å². The zero-order valence-electron chi connectivity index (χ0n) is 19.4. The van der Waals surface area contributed by atoms with Crippen LogP contribution in [-0.4, -0.2) is 67.7 Å². The zero-order valence-corrected chi connectivity index (χ0v) is 19.4. The third-order valence-corrected chi connectivity index (χ3v) is 6.88. The van der Waals surface area contributed by atoms with Crippen molar-refractivity contribution >= 4 is 17.4 Å². The van der Waals surface area contributed by atoms with Crippen molar-refractivity contribution in [2.45, 2.75) is 12.5 Å². The summed E-state index contributed by atoms with van der Waals surface area (Å²) in [6.45, 7) is -0.851. The number of carbonyl (C=O) groups is 1. The molecule has 11 nitrogen and oxygen atoms in total. The molecule has 0 unspecified atom stereocenters. The van der Waals surface area contributed by atoms with Crippen LogP contribution in [-0.2, 0) is 11.3 Å². The minimum Gasteiger partial charge on any atom is -0.445 e. The molecule has 3 aromatic heterocycles. The Morgan fingerprint density at radius 1 is 1.11 bits per heavy atom. The van der Waals surface area contributed by atoms with Crippen LogP contribution in [0.2, 0.25) is 0 Å². The molecule has 2 aliphatic heterocycles. The number of alkyl halides is 2. The molecule has 2 aliphatic rings. The highest BCUT2D eigenvalue weighted by Gasteiger charge is 2.67. The molecule has 13 heteroatoms. The number of carbonyl (C=O) groups excluding carboxylic acids is 1. The van der Waals surface area contributed by atoms with Crippen molar-refractivity contribution in [1.82, 2.24) is 29.5 Å². The number of halogens is 2. The maximum absolute atomic E-state index is 15.4. The molecule has 0 radical (unpaired) electrons. The van der Waals surface area contributed by atoms with E-state index in [1.807, 2.05) is 30.3 Å². The highest BCUT2D eigenvalue weighted by molar-refractivity contribution is 5.75. The Balaban J connectivity index is 1.24. The quantitative estimate of drug-likeness (QED) is 0.430. The highest BCUT2D eigenvalue weighted by atomic mass is 19.3. The molecule has 37 heavy (non-hydrogen) atoms. The van der Waals surface area contributed by atoms with Gasteiger partial charge in [-0.1, -0.05) is 30.3 Å². The fourth-order valence-electron chi connectivity index (χ4n) is 4.93. The van der Waals surface area contributed by atoms with Gasteiger partial charge in [-0.05, 0) is 11.6 Å². The number of nitrogens with zero attached hydrogens (tertiary/aromatic N) is 5. The van der Waals surface area contributed by atoms with Gasteiger partial charge in [-0.15, -0.1) is 0 Å². The van der Waals surface area contributed by atoms with Crippen molar-refractivity contribution in [3.63, 3.8) is 0 Å². The van der Waals surface area contributed by atoms with Crippen LogP contribution in [0.1, 0.15) is 5.56 Å². The molecule has 2 saturated heterocycles. The molecule has 5 heterocycles. The molecule has 1 amide bonds. The van der Waals surface area contributed by atoms with Gasteiger partial charge in [-0.2, -0.15) is 5.10 Å². The smallest absolute Gasteiger partial charge is 0.410 e. The first-order chi connectivity index (χ1) is 17.7.